The van der Waals surface area contributed by atoms with Crippen molar-refractivity contribution >= 4 is 41.1 Å². The number of hydrogen-bond acceptors (Lipinski definition) is 10. The fourth-order valence-electron chi connectivity index (χ4n) is 6.47. The maximum absolute atomic E-state index is 13.2. The molecule has 2 unspecified atom stereocenters. The monoisotopic (exact) mass is 770 g/mol. The molecule has 0 saturated carbocycles. The highest BCUT2D eigenvalue weighted by Gasteiger charge is 2.47. The van der Waals surface area contributed by atoms with Crippen LogP contribution in [0, 0.1) is 23.2 Å². The number of aromatic nitrogens is 4. The lowest BCUT2D eigenvalue weighted by atomic mass is 9.75. The van der Waals surface area contributed by atoms with E-state index >= 15 is 0 Å². The number of hydrogen-bond donors (Lipinski definition) is 1. The van der Waals surface area contributed by atoms with E-state index in [4.69, 9.17) is 30.2 Å². The Bertz CT molecular complexity index is 2030. The number of imidazole rings is 1. The second-order valence-electron chi connectivity index (χ2n) is 13.7. The summed E-state index contributed by atoms with van der Waals surface area (Å²) in [6, 6.07) is 33.0. The fourth-order valence-corrected chi connectivity index (χ4v) is 7.22. The Kier molecular flexibility index (Phi) is 12.1. The molecule has 0 radical (unpaired) electrons. The van der Waals surface area contributed by atoms with Gasteiger partial charge in [0, 0.05) is 19.0 Å². The molecule has 1 saturated heterocycles. The number of anilines is 1. The maximum atomic E-state index is 13.2. The van der Waals surface area contributed by atoms with E-state index in [-0.39, 0.29) is 36.9 Å². The van der Waals surface area contributed by atoms with Crippen LogP contribution in [-0.4, -0.2) is 81.5 Å². The third-order valence-corrected chi connectivity index (χ3v) is 11.9. The minimum Gasteiger partial charge on any atom is -0.475 e. The van der Waals surface area contributed by atoms with Gasteiger partial charge in [-0.25, -0.2) is 9.65 Å². The van der Waals surface area contributed by atoms with E-state index in [0.29, 0.717) is 24.3 Å². The Morgan fingerprint density at radius 2 is 1.57 bits per heavy atom. The van der Waals surface area contributed by atoms with Crippen LogP contribution in [0.5, 0.6) is 5.88 Å². The van der Waals surface area contributed by atoms with Gasteiger partial charge in [0.25, 0.3) is 0 Å². The van der Waals surface area contributed by atoms with Crippen molar-refractivity contribution in [3.05, 3.63) is 114 Å². The second kappa shape index (κ2) is 16.8. The van der Waals surface area contributed by atoms with E-state index in [1.54, 1.807) is 45.8 Å². The van der Waals surface area contributed by atoms with Crippen LogP contribution in [0.15, 0.2) is 97.3 Å². The topological polar surface area (TPSA) is 148 Å². The second-order valence-corrected chi connectivity index (χ2v) is 16.9. The zero-order chi connectivity index (χ0) is 38.5. The zero-order valence-corrected chi connectivity index (χ0v) is 32.5. The fraction of sp³-hybridized carbons (Fsp3) is 0.359. The summed E-state index contributed by atoms with van der Waals surface area (Å²) in [5.41, 5.74) is 2.92. The summed E-state index contributed by atoms with van der Waals surface area (Å²) in [6.45, 7) is 2.28. The number of nitrogens with one attached hydrogen (secondary N) is 1. The molecule has 0 bridgehead atoms. The van der Waals surface area contributed by atoms with Gasteiger partial charge in [0.1, 0.15) is 12.8 Å². The number of morpholine rings is 1. The Balaban J connectivity index is 1.53. The van der Waals surface area contributed by atoms with Gasteiger partial charge in [0.05, 0.1) is 36.6 Å². The van der Waals surface area contributed by atoms with Crippen molar-refractivity contribution in [1.82, 2.24) is 29.1 Å². The lowest BCUT2D eigenvalue weighted by molar-refractivity contribution is -0.145. The smallest absolute Gasteiger partial charge is 0.362 e. The molecule has 1 N–H and O–H groups in total. The number of fused-ring (bicyclic) bond motifs is 1. The predicted octanol–water partition coefficient (Wildman–Crippen LogP) is 7.08. The van der Waals surface area contributed by atoms with Crippen LogP contribution >= 0.6 is 18.1 Å². The van der Waals surface area contributed by atoms with Crippen LogP contribution in [0.2, 0.25) is 0 Å². The number of ether oxygens (including phenoxy) is 2. The van der Waals surface area contributed by atoms with Crippen LogP contribution in [0.1, 0.15) is 43.7 Å². The largest absolute Gasteiger partial charge is 0.475 e. The molecule has 54 heavy (non-hydrogen) atoms. The average Bonchev–Trinajstić information content (AvgIpc) is 3.62. The van der Waals surface area contributed by atoms with Crippen LogP contribution in [0.4, 0.5) is 5.95 Å². The van der Waals surface area contributed by atoms with Crippen molar-refractivity contribution in [2.75, 3.05) is 45.7 Å². The molecule has 4 atom stereocenters. The number of nitriles is 1. The highest BCUT2D eigenvalue weighted by molar-refractivity contribution is 7.83. The Labute approximate surface area is 320 Å². The first kappa shape index (κ1) is 39.0. The summed E-state index contributed by atoms with van der Waals surface area (Å²) in [5, 5.41) is 12.2. The van der Waals surface area contributed by atoms with E-state index in [1.165, 1.54) is 4.67 Å². The minimum atomic E-state index is -3.65. The van der Waals surface area contributed by atoms with Crippen molar-refractivity contribution < 1.29 is 23.4 Å². The molecule has 1 fully saturated rings. The first-order valence-electron chi connectivity index (χ1n) is 17.7. The SMILES string of the molecule is CC(C#N)COc1nc(NC(=O)C(C)C)nc2c1ncn2[C@H]1CN(C(c2ccccc2)(c2ccccc2)c2ccccc2)C[C@@H](COP(=O)(Cl)N(C)C)O1. The lowest BCUT2D eigenvalue weighted by Gasteiger charge is -2.50. The summed E-state index contributed by atoms with van der Waals surface area (Å²) in [6.07, 6.45) is 0.218. The van der Waals surface area contributed by atoms with Gasteiger partial charge in [0.15, 0.2) is 11.2 Å². The van der Waals surface area contributed by atoms with Crippen LogP contribution in [0.25, 0.3) is 11.2 Å². The van der Waals surface area contributed by atoms with Gasteiger partial charge in [-0.05, 0) is 49.0 Å². The van der Waals surface area contributed by atoms with Crippen molar-refractivity contribution in [1.29, 1.82) is 5.26 Å². The summed E-state index contributed by atoms with van der Waals surface area (Å²) in [4.78, 5) is 29.0. The van der Waals surface area contributed by atoms with Gasteiger partial charge < -0.3 is 14.0 Å². The first-order chi connectivity index (χ1) is 25.9. The predicted molar refractivity (Wildman–Crippen MR) is 207 cm³/mol. The van der Waals surface area contributed by atoms with Gasteiger partial charge in [-0.3, -0.25) is 24.1 Å². The molecule has 0 spiro atoms. The molecule has 0 aliphatic carbocycles. The van der Waals surface area contributed by atoms with E-state index in [2.05, 4.69) is 62.7 Å². The summed E-state index contributed by atoms with van der Waals surface area (Å²) in [7, 11) is 3.19. The first-order valence-corrected chi connectivity index (χ1v) is 20.2. The molecule has 1 amide bonds. The molecular formula is C39H44ClN8O5P. The van der Waals surface area contributed by atoms with Gasteiger partial charge in [0.2, 0.25) is 17.7 Å². The van der Waals surface area contributed by atoms with E-state index in [0.717, 1.165) is 16.7 Å². The number of nitrogens with zero attached hydrogens (tertiary/aromatic N) is 7. The molecule has 1 aliphatic rings. The molecule has 282 valence electrons. The number of halogens is 1. The molecule has 6 rings (SSSR count). The van der Waals surface area contributed by atoms with Gasteiger partial charge in [-0.2, -0.15) is 15.2 Å². The number of carbonyl (C=O) groups excluding carboxylic acids is 1. The van der Waals surface area contributed by atoms with Gasteiger partial charge >= 0.3 is 6.87 Å². The quantitative estimate of drug-likeness (QED) is 0.0913. The molecule has 2 aromatic heterocycles. The van der Waals surface area contributed by atoms with Crippen LogP contribution in [-0.2, 0) is 24.2 Å². The van der Waals surface area contributed by atoms with Crippen molar-refractivity contribution in [2.24, 2.45) is 11.8 Å². The summed E-state index contributed by atoms with van der Waals surface area (Å²) < 4.78 is 35.0. The van der Waals surface area contributed by atoms with E-state index in [1.807, 2.05) is 54.6 Å². The average molecular weight is 771 g/mol. The Morgan fingerprint density at radius 1 is 1.00 bits per heavy atom. The Hall–Kier alpha value is -4.67. The molecular weight excluding hydrogens is 727 g/mol. The number of rotatable bonds is 14. The minimum absolute atomic E-state index is 0.0244. The summed E-state index contributed by atoms with van der Waals surface area (Å²) in [5.74, 6) is -0.900. The molecule has 1 aliphatic heterocycles. The highest BCUT2D eigenvalue weighted by atomic mass is 35.7. The number of carbonyl (C=O) groups is 1. The van der Waals surface area contributed by atoms with Crippen molar-refractivity contribution in [3.8, 4) is 11.9 Å². The zero-order valence-electron chi connectivity index (χ0n) is 30.9. The third-order valence-electron chi connectivity index (χ3n) is 9.25. The van der Waals surface area contributed by atoms with Crippen molar-refractivity contribution in [2.45, 2.75) is 38.6 Å². The molecule has 3 aromatic carbocycles. The van der Waals surface area contributed by atoms with E-state index in [9.17, 15) is 14.6 Å². The molecule has 15 heteroatoms. The third kappa shape index (κ3) is 8.20. The molecule has 5 aromatic rings. The highest BCUT2D eigenvalue weighted by Crippen LogP contribution is 2.54. The standard InChI is InChI=1S/C39H44ClN8O5P/c1-27(2)36(49)44-38-43-35-34(37(45-38)51-24-28(3)21-41)42-26-48(35)33-23-47(22-32(53-33)25-52-54(40,50)46(4)5)39(29-15-9-6-10-16-29,30-17-11-7-12-18-30)31-19-13-8-14-20-31/h6-20,26-28,32-33H,22-25H2,1-5H3,(H,43,44,45,49)/t28?,32-,33+,54?/m0/s1. The van der Waals surface area contributed by atoms with Crippen LogP contribution < -0.4 is 10.1 Å². The Morgan fingerprint density at radius 3 is 2.09 bits per heavy atom. The lowest BCUT2D eigenvalue weighted by Crippen LogP contribution is -2.57. The number of benzene rings is 3. The molecule has 3 heterocycles. The van der Waals surface area contributed by atoms with Crippen LogP contribution in [0.3, 0.4) is 0 Å². The summed E-state index contributed by atoms with van der Waals surface area (Å²) >= 11 is 6.37. The van der Waals surface area contributed by atoms with Crippen molar-refractivity contribution in [3.63, 3.8) is 0 Å². The normalized spacial score (nSPS) is 18.3. The molecule has 13 nitrogen and oxygen atoms in total. The maximum Gasteiger partial charge on any atom is 0.362 e. The number of amides is 1. The van der Waals surface area contributed by atoms with Gasteiger partial charge in [-0.15, -0.1) is 0 Å². The van der Waals surface area contributed by atoms with E-state index < -0.39 is 30.7 Å². The van der Waals surface area contributed by atoms with Gasteiger partial charge in [-0.1, -0.05) is 105 Å².